The number of halogens is 1. The molecule has 0 aliphatic carbocycles. The highest BCUT2D eigenvalue weighted by Crippen LogP contribution is 2.28. The molecule has 0 aromatic heterocycles. The first-order valence-corrected chi connectivity index (χ1v) is 9.75. The molecule has 2 N–H and O–H groups in total. The van der Waals surface area contributed by atoms with Crippen LogP contribution in [-0.4, -0.2) is 50.9 Å². The van der Waals surface area contributed by atoms with Crippen molar-refractivity contribution in [2.45, 2.75) is 13.3 Å². The van der Waals surface area contributed by atoms with Crippen molar-refractivity contribution in [2.24, 2.45) is 5.10 Å². The van der Waals surface area contributed by atoms with E-state index in [9.17, 15) is 18.8 Å². The Labute approximate surface area is 184 Å². The van der Waals surface area contributed by atoms with Gasteiger partial charge in [0.25, 0.3) is 5.91 Å². The number of carbonyl (C=O) groups is 3. The van der Waals surface area contributed by atoms with Gasteiger partial charge in [0, 0.05) is 13.0 Å². The van der Waals surface area contributed by atoms with Gasteiger partial charge in [-0.05, 0) is 42.8 Å². The average molecular weight is 445 g/mol. The zero-order valence-electron chi connectivity index (χ0n) is 17.7. The first-order valence-electron chi connectivity index (χ1n) is 9.75. The molecule has 0 saturated carbocycles. The van der Waals surface area contributed by atoms with E-state index in [0.717, 1.165) is 0 Å². The molecule has 10 heteroatoms. The van der Waals surface area contributed by atoms with E-state index in [0.29, 0.717) is 23.7 Å². The minimum Gasteiger partial charge on any atom is -0.490 e. The van der Waals surface area contributed by atoms with Gasteiger partial charge in [-0.1, -0.05) is 12.1 Å². The minimum atomic E-state index is -0.632. The summed E-state index contributed by atoms with van der Waals surface area (Å²) < 4.78 is 29.0. The fraction of sp³-hybridized carbons (Fsp3) is 0.273. The van der Waals surface area contributed by atoms with Gasteiger partial charge in [0.15, 0.2) is 18.1 Å². The van der Waals surface area contributed by atoms with Crippen LogP contribution in [0, 0.1) is 5.82 Å². The molecule has 0 atom stereocenters. The standard InChI is InChI=1S/C22H24FN3O6/c1-3-31-19-12-15(8-9-18(19)32-14-21(28)30-2)13-25-26-20(27)10-11-24-22(29)16-6-4-5-7-17(16)23/h4-9,12-13H,3,10-11,14H2,1-2H3,(H,24,29)(H,26,27). The highest BCUT2D eigenvalue weighted by molar-refractivity contribution is 5.94. The second-order valence-electron chi connectivity index (χ2n) is 6.28. The fourth-order valence-corrected chi connectivity index (χ4v) is 2.45. The highest BCUT2D eigenvalue weighted by Gasteiger charge is 2.11. The molecule has 0 saturated heterocycles. The van der Waals surface area contributed by atoms with Gasteiger partial charge in [-0.25, -0.2) is 14.6 Å². The number of amides is 2. The third-order valence-corrected chi connectivity index (χ3v) is 4.00. The van der Waals surface area contributed by atoms with Crippen LogP contribution < -0.4 is 20.2 Å². The van der Waals surface area contributed by atoms with E-state index in [2.05, 4.69) is 20.6 Å². The SMILES string of the molecule is CCOc1cc(C=NNC(=O)CCNC(=O)c2ccccc2F)ccc1OCC(=O)OC. The predicted octanol–water partition coefficient (Wildman–Crippen LogP) is 2.05. The summed E-state index contributed by atoms with van der Waals surface area (Å²) in [7, 11) is 1.26. The second-order valence-corrected chi connectivity index (χ2v) is 6.28. The molecule has 0 aliphatic heterocycles. The molecule has 2 aromatic rings. The third-order valence-electron chi connectivity index (χ3n) is 4.00. The predicted molar refractivity (Wildman–Crippen MR) is 114 cm³/mol. The molecule has 0 fully saturated rings. The van der Waals surface area contributed by atoms with Crippen LogP contribution in [0.2, 0.25) is 0 Å². The van der Waals surface area contributed by atoms with Gasteiger partial charge in [0.05, 0.1) is 25.5 Å². The minimum absolute atomic E-state index is 0.0231. The summed E-state index contributed by atoms with van der Waals surface area (Å²) in [4.78, 5) is 35.0. The van der Waals surface area contributed by atoms with Crippen molar-refractivity contribution in [3.8, 4) is 11.5 Å². The van der Waals surface area contributed by atoms with Crippen LogP contribution in [0.25, 0.3) is 0 Å². The van der Waals surface area contributed by atoms with Gasteiger partial charge in [0.2, 0.25) is 5.91 Å². The van der Waals surface area contributed by atoms with Crippen LogP contribution in [0.5, 0.6) is 11.5 Å². The lowest BCUT2D eigenvalue weighted by molar-refractivity contribution is -0.142. The van der Waals surface area contributed by atoms with E-state index in [1.807, 2.05) is 0 Å². The molecule has 0 bridgehead atoms. The number of hydrogen-bond donors (Lipinski definition) is 2. The maximum atomic E-state index is 13.6. The number of hydrazone groups is 1. The zero-order valence-corrected chi connectivity index (χ0v) is 17.7. The summed E-state index contributed by atoms with van der Waals surface area (Å²) in [5, 5.41) is 6.34. The van der Waals surface area contributed by atoms with Crippen molar-refractivity contribution in [1.82, 2.24) is 10.7 Å². The number of hydrogen-bond acceptors (Lipinski definition) is 7. The summed E-state index contributed by atoms with van der Waals surface area (Å²) >= 11 is 0. The largest absolute Gasteiger partial charge is 0.490 e. The van der Waals surface area contributed by atoms with Crippen molar-refractivity contribution in [1.29, 1.82) is 0 Å². The first-order chi connectivity index (χ1) is 15.4. The number of benzene rings is 2. The van der Waals surface area contributed by atoms with Crippen LogP contribution in [-0.2, 0) is 14.3 Å². The molecule has 2 aromatic carbocycles. The molecule has 170 valence electrons. The van der Waals surface area contributed by atoms with Crippen molar-refractivity contribution in [3.63, 3.8) is 0 Å². The molecule has 0 unspecified atom stereocenters. The van der Waals surface area contributed by atoms with E-state index >= 15 is 0 Å². The number of methoxy groups -OCH3 is 1. The summed E-state index contributed by atoms with van der Waals surface area (Å²) in [5.41, 5.74) is 2.87. The Morgan fingerprint density at radius 3 is 2.59 bits per heavy atom. The van der Waals surface area contributed by atoms with Gasteiger partial charge in [-0.3, -0.25) is 9.59 Å². The summed E-state index contributed by atoms with van der Waals surface area (Å²) in [6, 6.07) is 10.5. The number of esters is 1. The van der Waals surface area contributed by atoms with Crippen LogP contribution in [0.3, 0.4) is 0 Å². The molecule has 0 spiro atoms. The quantitative estimate of drug-likeness (QED) is 0.311. The second kappa shape index (κ2) is 12.7. The number of nitrogens with zero attached hydrogens (tertiary/aromatic N) is 1. The van der Waals surface area contributed by atoms with E-state index in [1.54, 1.807) is 31.2 Å². The summed E-state index contributed by atoms with van der Waals surface area (Å²) in [6.07, 6.45) is 1.37. The Morgan fingerprint density at radius 1 is 1.09 bits per heavy atom. The maximum absolute atomic E-state index is 13.6. The Bertz CT molecular complexity index is 980. The normalized spacial score (nSPS) is 10.5. The molecule has 0 heterocycles. The molecule has 2 amide bonds. The Balaban J connectivity index is 1.83. The third kappa shape index (κ3) is 7.71. The van der Waals surface area contributed by atoms with Crippen LogP contribution >= 0.6 is 0 Å². The van der Waals surface area contributed by atoms with Crippen molar-refractivity contribution < 1.29 is 33.0 Å². The van der Waals surface area contributed by atoms with Crippen molar-refractivity contribution in [2.75, 3.05) is 26.9 Å². The van der Waals surface area contributed by atoms with E-state index in [4.69, 9.17) is 9.47 Å². The number of carbonyl (C=O) groups excluding carboxylic acids is 3. The lowest BCUT2D eigenvalue weighted by atomic mass is 10.2. The number of nitrogens with one attached hydrogen (secondary N) is 2. The molecule has 0 aliphatic rings. The van der Waals surface area contributed by atoms with Gasteiger partial charge in [0.1, 0.15) is 5.82 Å². The van der Waals surface area contributed by atoms with Gasteiger partial charge >= 0.3 is 5.97 Å². The molecular formula is C22H24FN3O6. The lowest BCUT2D eigenvalue weighted by Crippen LogP contribution is -2.29. The smallest absolute Gasteiger partial charge is 0.343 e. The zero-order chi connectivity index (χ0) is 23.3. The molecular weight excluding hydrogens is 421 g/mol. The van der Waals surface area contributed by atoms with Crippen molar-refractivity contribution >= 4 is 24.0 Å². The highest BCUT2D eigenvalue weighted by atomic mass is 19.1. The lowest BCUT2D eigenvalue weighted by Gasteiger charge is -2.11. The fourth-order valence-electron chi connectivity index (χ4n) is 2.45. The van der Waals surface area contributed by atoms with E-state index in [1.165, 1.54) is 31.5 Å². The molecule has 2 rings (SSSR count). The average Bonchev–Trinajstić information content (AvgIpc) is 2.78. The Kier molecular flexibility index (Phi) is 9.64. The summed E-state index contributed by atoms with van der Waals surface area (Å²) in [5.74, 6) is -1.42. The molecule has 9 nitrogen and oxygen atoms in total. The van der Waals surface area contributed by atoms with E-state index < -0.39 is 23.6 Å². The van der Waals surface area contributed by atoms with Gasteiger partial charge in [-0.2, -0.15) is 5.10 Å². The van der Waals surface area contributed by atoms with Gasteiger partial charge in [-0.15, -0.1) is 0 Å². The van der Waals surface area contributed by atoms with Crippen LogP contribution in [0.4, 0.5) is 4.39 Å². The first kappa shape index (κ1) is 24.3. The van der Waals surface area contributed by atoms with E-state index in [-0.39, 0.29) is 25.1 Å². The Hall–Kier alpha value is -3.95. The number of rotatable bonds is 11. The topological polar surface area (TPSA) is 115 Å². The summed E-state index contributed by atoms with van der Waals surface area (Å²) in [6.45, 7) is 1.95. The van der Waals surface area contributed by atoms with Crippen LogP contribution in [0.15, 0.2) is 47.6 Å². The van der Waals surface area contributed by atoms with Crippen molar-refractivity contribution in [3.05, 3.63) is 59.4 Å². The number of ether oxygens (including phenoxy) is 3. The van der Waals surface area contributed by atoms with Gasteiger partial charge < -0.3 is 19.5 Å². The molecule has 32 heavy (non-hydrogen) atoms. The van der Waals surface area contributed by atoms with Crippen LogP contribution in [0.1, 0.15) is 29.3 Å². The maximum Gasteiger partial charge on any atom is 0.343 e. The molecule has 0 radical (unpaired) electrons. The Morgan fingerprint density at radius 2 is 1.88 bits per heavy atom. The monoisotopic (exact) mass is 445 g/mol.